The van der Waals surface area contributed by atoms with E-state index >= 15 is 0 Å². The highest BCUT2D eigenvalue weighted by molar-refractivity contribution is 8.00. The average Bonchev–Trinajstić information content (AvgIpc) is 3.19. The minimum atomic E-state index is -1.02. The van der Waals surface area contributed by atoms with Crippen LogP contribution in [-0.4, -0.2) is 34.3 Å². The molecule has 8 heteroatoms. The summed E-state index contributed by atoms with van der Waals surface area (Å²) >= 11 is 1.46. The van der Waals surface area contributed by atoms with Crippen LogP contribution in [0.1, 0.15) is 38.0 Å². The molecule has 2 heterocycles. The average molecular weight is 467 g/mol. The number of benzene rings is 2. The van der Waals surface area contributed by atoms with Crippen molar-refractivity contribution >= 4 is 29.3 Å². The number of aromatic carboxylic acids is 1. The van der Waals surface area contributed by atoms with Crippen LogP contribution in [-0.2, 0) is 22.6 Å². The normalized spacial score (nSPS) is 15.8. The number of anilines is 1. The quantitative estimate of drug-likeness (QED) is 0.482. The number of thioether (sulfide) groups is 1. The van der Waals surface area contributed by atoms with Gasteiger partial charge in [-0.25, -0.2) is 9.18 Å². The molecule has 170 valence electrons. The van der Waals surface area contributed by atoms with Crippen molar-refractivity contribution in [3.8, 4) is 0 Å². The summed E-state index contributed by atoms with van der Waals surface area (Å²) in [5.74, 6) is -1.13. The molecule has 1 amide bonds. The number of pyridine rings is 1. The Bertz CT molecular complexity index is 1160. The predicted molar refractivity (Wildman–Crippen MR) is 125 cm³/mol. The second-order valence-electron chi connectivity index (χ2n) is 7.68. The topological polar surface area (TPSA) is 79.7 Å². The van der Waals surface area contributed by atoms with Crippen LogP contribution in [0.3, 0.4) is 0 Å². The summed E-state index contributed by atoms with van der Waals surface area (Å²) in [7, 11) is 0. The summed E-state index contributed by atoms with van der Waals surface area (Å²) in [5, 5.41) is 9.42. The summed E-state index contributed by atoms with van der Waals surface area (Å²) in [5.41, 5.74) is 3.96. The van der Waals surface area contributed by atoms with Crippen molar-refractivity contribution in [2.45, 2.75) is 25.3 Å². The summed E-state index contributed by atoms with van der Waals surface area (Å²) in [6.07, 6.45) is 3.80. The van der Waals surface area contributed by atoms with Crippen molar-refractivity contribution in [2.75, 3.05) is 17.3 Å². The fraction of sp³-hybridized carbons (Fsp3) is 0.240. The van der Waals surface area contributed by atoms with Crippen LogP contribution < -0.4 is 4.90 Å². The zero-order chi connectivity index (χ0) is 23.4. The monoisotopic (exact) mass is 466 g/mol. The van der Waals surface area contributed by atoms with Gasteiger partial charge in [0.15, 0.2) is 0 Å². The van der Waals surface area contributed by atoms with Gasteiger partial charge in [0, 0.05) is 18.1 Å². The first-order valence-electron chi connectivity index (χ1n) is 10.5. The maximum Gasteiger partial charge on any atom is 0.335 e. The first-order chi connectivity index (χ1) is 16.0. The fourth-order valence-corrected chi connectivity index (χ4v) is 5.10. The summed E-state index contributed by atoms with van der Waals surface area (Å²) < 4.78 is 19.2. The molecular formula is C25H23FN2O4S. The predicted octanol–water partition coefficient (Wildman–Crippen LogP) is 4.77. The maximum atomic E-state index is 13.4. The largest absolute Gasteiger partial charge is 0.478 e. The number of carboxylic acids is 1. The van der Waals surface area contributed by atoms with Gasteiger partial charge in [0.2, 0.25) is 5.91 Å². The van der Waals surface area contributed by atoms with Crippen LogP contribution in [0.5, 0.6) is 0 Å². The number of rotatable bonds is 8. The Morgan fingerprint density at radius 2 is 2.03 bits per heavy atom. The molecule has 1 fully saturated rings. The molecule has 2 aromatic carbocycles. The van der Waals surface area contributed by atoms with Gasteiger partial charge in [-0.15, -0.1) is 11.8 Å². The van der Waals surface area contributed by atoms with Gasteiger partial charge in [0.05, 0.1) is 24.5 Å². The standard InChI is InChI=1S/C25H23FN2O4S/c1-16-20(10-12-32-14-17-3-2-11-27-13-17)21(25(30)31)8-9-22(16)28-23(29)15-33-24(28)18-4-6-19(26)7-5-18/h2-9,11,13,24H,10,12,14-15H2,1H3,(H,30,31). The number of hydrogen-bond donors (Lipinski definition) is 1. The van der Waals surface area contributed by atoms with Crippen molar-refractivity contribution in [1.82, 2.24) is 4.98 Å². The van der Waals surface area contributed by atoms with Crippen molar-refractivity contribution < 1.29 is 23.8 Å². The minimum Gasteiger partial charge on any atom is -0.478 e. The first kappa shape index (κ1) is 22.9. The van der Waals surface area contributed by atoms with E-state index in [2.05, 4.69) is 4.98 Å². The molecule has 0 spiro atoms. The number of carbonyl (C=O) groups excluding carboxylic acids is 1. The van der Waals surface area contributed by atoms with Crippen LogP contribution in [0.15, 0.2) is 60.9 Å². The van der Waals surface area contributed by atoms with Crippen LogP contribution in [0, 0.1) is 12.7 Å². The molecule has 0 bridgehead atoms. The molecule has 6 nitrogen and oxygen atoms in total. The maximum absolute atomic E-state index is 13.4. The third kappa shape index (κ3) is 5.07. The number of aromatic nitrogens is 1. The number of ether oxygens (including phenoxy) is 1. The van der Waals surface area contributed by atoms with Crippen molar-refractivity contribution in [1.29, 1.82) is 0 Å². The molecule has 3 aromatic rings. The Morgan fingerprint density at radius 3 is 2.73 bits per heavy atom. The Balaban J connectivity index is 1.59. The molecule has 4 rings (SSSR count). The SMILES string of the molecule is Cc1c(N2C(=O)CSC2c2ccc(F)cc2)ccc(C(=O)O)c1CCOCc1cccnc1. The van der Waals surface area contributed by atoms with Gasteiger partial charge in [-0.1, -0.05) is 18.2 Å². The molecular weight excluding hydrogens is 443 g/mol. The molecule has 1 unspecified atom stereocenters. The lowest BCUT2D eigenvalue weighted by Gasteiger charge is -2.27. The van der Waals surface area contributed by atoms with E-state index in [1.54, 1.807) is 41.6 Å². The van der Waals surface area contributed by atoms with Crippen LogP contribution in [0.2, 0.25) is 0 Å². The number of halogens is 1. The van der Waals surface area contributed by atoms with Gasteiger partial charge < -0.3 is 9.84 Å². The Hall–Kier alpha value is -3.23. The van der Waals surface area contributed by atoms with Crippen LogP contribution in [0.25, 0.3) is 0 Å². The highest BCUT2D eigenvalue weighted by atomic mass is 32.2. The van der Waals surface area contributed by atoms with Crippen molar-refractivity contribution in [2.24, 2.45) is 0 Å². The van der Waals surface area contributed by atoms with Crippen LogP contribution >= 0.6 is 11.8 Å². The van der Waals surface area contributed by atoms with E-state index in [1.165, 1.54) is 23.9 Å². The zero-order valence-corrected chi connectivity index (χ0v) is 18.8. The Kier molecular flexibility index (Phi) is 7.05. The molecule has 0 saturated carbocycles. The van der Waals surface area contributed by atoms with Crippen molar-refractivity contribution in [3.63, 3.8) is 0 Å². The Labute approximate surface area is 195 Å². The third-order valence-corrected chi connectivity index (χ3v) is 6.78. The number of hydrogen-bond acceptors (Lipinski definition) is 5. The van der Waals surface area contributed by atoms with E-state index in [0.29, 0.717) is 36.6 Å². The molecule has 33 heavy (non-hydrogen) atoms. The van der Waals surface area contributed by atoms with E-state index in [-0.39, 0.29) is 22.7 Å². The van der Waals surface area contributed by atoms with Gasteiger partial charge >= 0.3 is 5.97 Å². The molecule has 1 aliphatic heterocycles. The summed E-state index contributed by atoms with van der Waals surface area (Å²) in [6.45, 7) is 2.53. The fourth-order valence-electron chi connectivity index (χ4n) is 3.93. The molecule has 0 aliphatic carbocycles. The van der Waals surface area contributed by atoms with Gasteiger partial charge in [0.1, 0.15) is 11.2 Å². The van der Waals surface area contributed by atoms with Crippen molar-refractivity contribution in [3.05, 3.63) is 94.6 Å². The number of carbonyl (C=O) groups is 2. The highest BCUT2D eigenvalue weighted by Gasteiger charge is 2.35. The molecule has 1 aliphatic rings. The lowest BCUT2D eigenvalue weighted by molar-refractivity contribution is -0.115. The van der Waals surface area contributed by atoms with E-state index in [0.717, 1.165) is 16.7 Å². The van der Waals surface area contributed by atoms with E-state index in [1.807, 2.05) is 19.1 Å². The van der Waals surface area contributed by atoms with E-state index in [9.17, 15) is 19.1 Å². The minimum absolute atomic E-state index is 0.0701. The third-order valence-electron chi connectivity index (χ3n) is 5.57. The van der Waals surface area contributed by atoms with Crippen LogP contribution in [0.4, 0.5) is 10.1 Å². The lowest BCUT2D eigenvalue weighted by Crippen LogP contribution is -2.29. The number of nitrogens with zero attached hydrogens (tertiary/aromatic N) is 2. The second-order valence-corrected chi connectivity index (χ2v) is 8.75. The molecule has 0 radical (unpaired) electrons. The van der Waals surface area contributed by atoms with Gasteiger partial charge in [-0.3, -0.25) is 14.7 Å². The molecule has 1 atom stereocenters. The summed E-state index contributed by atoms with van der Waals surface area (Å²) in [6, 6.07) is 13.1. The van der Waals surface area contributed by atoms with Gasteiger partial charge in [-0.05, 0) is 65.9 Å². The van der Waals surface area contributed by atoms with Gasteiger partial charge in [0.25, 0.3) is 0 Å². The number of amides is 1. The molecule has 1 N–H and O–H groups in total. The first-order valence-corrected chi connectivity index (χ1v) is 11.5. The molecule has 1 saturated heterocycles. The lowest BCUT2D eigenvalue weighted by atomic mass is 9.96. The Morgan fingerprint density at radius 1 is 1.24 bits per heavy atom. The smallest absolute Gasteiger partial charge is 0.335 e. The van der Waals surface area contributed by atoms with E-state index < -0.39 is 5.97 Å². The van der Waals surface area contributed by atoms with E-state index in [4.69, 9.17) is 4.74 Å². The van der Waals surface area contributed by atoms with Gasteiger partial charge in [-0.2, -0.15) is 0 Å². The molecule has 1 aromatic heterocycles. The second kappa shape index (κ2) is 10.1. The summed E-state index contributed by atoms with van der Waals surface area (Å²) in [4.78, 5) is 30.4. The number of carboxylic acid groups (broad SMARTS) is 1. The highest BCUT2D eigenvalue weighted by Crippen LogP contribution is 2.43. The zero-order valence-electron chi connectivity index (χ0n) is 18.0.